The number of benzene rings is 7. The van der Waals surface area contributed by atoms with Crippen LogP contribution in [0, 0.1) is 0 Å². The van der Waals surface area contributed by atoms with Crippen molar-refractivity contribution < 1.29 is 4.74 Å². The molecule has 47 heavy (non-hydrogen) atoms. The highest BCUT2D eigenvalue weighted by Gasteiger charge is 2.28. The van der Waals surface area contributed by atoms with Gasteiger partial charge in [0, 0.05) is 34.3 Å². The van der Waals surface area contributed by atoms with Crippen LogP contribution in [-0.4, -0.2) is 15.0 Å². The SMILES string of the molecule is c1ccc2c(c1)Cc1ccccc1N2c1ccc(-n2nc3cc(N4c5ccccc5Oc5ccccc54)c4ccccc4c3n2)cc1. The molecule has 2 aliphatic heterocycles. The molecule has 0 aliphatic carbocycles. The van der Waals surface area contributed by atoms with Crippen LogP contribution in [0.25, 0.3) is 27.5 Å². The maximum Gasteiger partial charge on any atom is 0.151 e. The van der Waals surface area contributed by atoms with Gasteiger partial charge in [0.2, 0.25) is 0 Å². The number of hydrogen-bond acceptors (Lipinski definition) is 5. The van der Waals surface area contributed by atoms with E-state index in [-0.39, 0.29) is 0 Å². The Labute approximate surface area is 271 Å². The average Bonchev–Trinajstić information content (AvgIpc) is 3.57. The lowest BCUT2D eigenvalue weighted by molar-refractivity contribution is 0.477. The summed E-state index contributed by atoms with van der Waals surface area (Å²) in [6.45, 7) is 0. The van der Waals surface area contributed by atoms with Crippen LogP contribution in [0.1, 0.15) is 11.1 Å². The van der Waals surface area contributed by atoms with E-state index >= 15 is 0 Å². The summed E-state index contributed by atoms with van der Waals surface area (Å²) in [6.07, 6.45) is 0.933. The van der Waals surface area contributed by atoms with Crippen LogP contribution in [-0.2, 0) is 6.42 Å². The van der Waals surface area contributed by atoms with Gasteiger partial charge < -0.3 is 14.5 Å². The first kappa shape index (κ1) is 25.9. The molecule has 3 heterocycles. The Morgan fingerprint density at radius 1 is 0.447 bits per heavy atom. The van der Waals surface area contributed by atoms with Crippen LogP contribution < -0.4 is 14.5 Å². The molecule has 6 nitrogen and oxygen atoms in total. The van der Waals surface area contributed by atoms with Gasteiger partial charge in [-0.25, -0.2) is 0 Å². The number of fused-ring (bicyclic) bond motifs is 7. The van der Waals surface area contributed by atoms with Crippen molar-refractivity contribution in [3.05, 3.63) is 163 Å². The number of anilines is 6. The highest BCUT2D eigenvalue weighted by atomic mass is 16.5. The lowest BCUT2D eigenvalue weighted by Gasteiger charge is -2.33. The molecule has 8 aromatic rings. The van der Waals surface area contributed by atoms with E-state index in [4.69, 9.17) is 14.9 Å². The summed E-state index contributed by atoms with van der Waals surface area (Å²) in [6, 6.07) is 52.7. The first-order valence-corrected chi connectivity index (χ1v) is 15.8. The van der Waals surface area contributed by atoms with Crippen LogP contribution in [0.2, 0.25) is 0 Å². The molecule has 0 spiro atoms. The van der Waals surface area contributed by atoms with E-state index < -0.39 is 0 Å². The van der Waals surface area contributed by atoms with Gasteiger partial charge in [-0.1, -0.05) is 84.9 Å². The van der Waals surface area contributed by atoms with Crippen molar-refractivity contribution >= 4 is 55.9 Å². The maximum atomic E-state index is 6.31. The molecule has 0 fully saturated rings. The number of aromatic nitrogens is 3. The lowest BCUT2D eigenvalue weighted by Crippen LogP contribution is -2.18. The van der Waals surface area contributed by atoms with Crippen LogP contribution in [0.5, 0.6) is 11.5 Å². The Morgan fingerprint density at radius 3 is 1.64 bits per heavy atom. The van der Waals surface area contributed by atoms with Crippen molar-refractivity contribution in [2.24, 2.45) is 0 Å². The van der Waals surface area contributed by atoms with Crippen LogP contribution in [0.15, 0.2) is 152 Å². The van der Waals surface area contributed by atoms with E-state index in [2.05, 4.69) is 125 Å². The molecular weight excluding hydrogens is 578 g/mol. The van der Waals surface area contributed by atoms with E-state index in [0.29, 0.717) is 0 Å². The van der Waals surface area contributed by atoms with Gasteiger partial charge in [-0.15, -0.1) is 10.2 Å². The van der Waals surface area contributed by atoms with Crippen LogP contribution in [0.4, 0.5) is 34.1 Å². The molecule has 0 radical (unpaired) electrons. The third-order valence-corrected chi connectivity index (χ3v) is 9.23. The molecule has 2 aliphatic rings. The quantitative estimate of drug-likeness (QED) is 0.201. The second-order valence-electron chi connectivity index (χ2n) is 12.0. The van der Waals surface area contributed by atoms with E-state index in [1.165, 1.54) is 22.5 Å². The minimum Gasteiger partial charge on any atom is -0.453 e. The summed E-state index contributed by atoms with van der Waals surface area (Å²) in [4.78, 5) is 6.38. The highest BCUT2D eigenvalue weighted by molar-refractivity contribution is 6.12. The smallest absolute Gasteiger partial charge is 0.151 e. The summed E-state index contributed by atoms with van der Waals surface area (Å²) in [5.41, 5.74) is 11.8. The highest BCUT2D eigenvalue weighted by Crippen LogP contribution is 2.52. The van der Waals surface area contributed by atoms with Gasteiger partial charge in [0.1, 0.15) is 11.0 Å². The van der Waals surface area contributed by atoms with Crippen molar-refractivity contribution in [1.82, 2.24) is 15.0 Å². The van der Waals surface area contributed by atoms with Gasteiger partial charge in [0.15, 0.2) is 11.5 Å². The van der Waals surface area contributed by atoms with E-state index in [0.717, 1.165) is 68.2 Å². The molecule has 0 atom stereocenters. The van der Waals surface area contributed by atoms with E-state index in [9.17, 15) is 0 Å². The van der Waals surface area contributed by atoms with Crippen molar-refractivity contribution in [2.45, 2.75) is 6.42 Å². The average molecular weight is 606 g/mol. The molecule has 222 valence electrons. The van der Waals surface area contributed by atoms with Crippen molar-refractivity contribution in [3.63, 3.8) is 0 Å². The topological polar surface area (TPSA) is 46.4 Å². The number of hydrogen-bond donors (Lipinski definition) is 0. The molecule has 0 saturated heterocycles. The third kappa shape index (κ3) is 3.98. The Balaban J connectivity index is 1.10. The summed E-state index contributed by atoms with van der Waals surface area (Å²) >= 11 is 0. The zero-order chi connectivity index (χ0) is 30.9. The summed E-state index contributed by atoms with van der Waals surface area (Å²) in [5, 5.41) is 12.2. The van der Waals surface area contributed by atoms with Crippen LogP contribution in [0.3, 0.4) is 0 Å². The molecular formula is C41H27N5O. The molecule has 0 saturated carbocycles. The van der Waals surface area contributed by atoms with Crippen molar-refractivity contribution in [2.75, 3.05) is 9.80 Å². The summed E-state index contributed by atoms with van der Waals surface area (Å²) in [7, 11) is 0. The van der Waals surface area contributed by atoms with E-state index in [1.54, 1.807) is 4.80 Å². The third-order valence-electron chi connectivity index (χ3n) is 9.23. The zero-order valence-electron chi connectivity index (χ0n) is 25.3. The fourth-order valence-corrected chi connectivity index (χ4v) is 7.10. The Kier molecular flexibility index (Phi) is 5.54. The first-order valence-electron chi connectivity index (χ1n) is 15.8. The summed E-state index contributed by atoms with van der Waals surface area (Å²) in [5.74, 6) is 1.64. The van der Waals surface area contributed by atoms with E-state index in [1.807, 2.05) is 36.4 Å². The number of ether oxygens (including phenoxy) is 1. The Hall–Kier alpha value is -6.40. The summed E-state index contributed by atoms with van der Waals surface area (Å²) < 4.78 is 6.31. The van der Waals surface area contributed by atoms with Crippen molar-refractivity contribution in [1.29, 1.82) is 0 Å². The first-order chi connectivity index (χ1) is 23.3. The molecule has 7 aromatic carbocycles. The second-order valence-corrected chi connectivity index (χ2v) is 12.0. The Bertz CT molecular complexity index is 2410. The molecule has 0 N–H and O–H groups in total. The molecule has 0 unspecified atom stereocenters. The predicted molar refractivity (Wildman–Crippen MR) is 189 cm³/mol. The fourth-order valence-electron chi connectivity index (χ4n) is 7.10. The van der Waals surface area contributed by atoms with Gasteiger partial charge in [0.05, 0.1) is 22.7 Å². The van der Waals surface area contributed by atoms with Crippen LogP contribution >= 0.6 is 0 Å². The molecule has 10 rings (SSSR count). The predicted octanol–water partition coefficient (Wildman–Crippen LogP) is 10.5. The van der Waals surface area contributed by atoms with Gasteiger partial charge in [0.25, 0.3) is 0 Å². The monoisotopic (exact) mass is 605 g/mol. The molecule has 6 heteroatoms. The molecule has 0 bridgehead atoms. The minimum atomic E-state index is 0.818. The number of nitrogens with zero attached hydrogens (tertiary/aromatic N) is 5. The molecule has 0 amide bonds. The van der Waals surface area contributed by atoms with Gasteiger partial charge in [-0.3, -0.25) is 0 Å². The minimum absolute atomic E-state index is 0.818. The largest absolute Gasteiger partial charge is 0.453 e. The molecule has 1 aromatic heterocycles. The Morgan fingerprint density at radius 2 is 0.979 bits per heavy atom. The normalized spacial score (nSPS) is 13.1. The van der Waals surface area contributed by atoms with Gasteiger partial charge in [-0.2, -0.15) is 4.80 Å². The zero-order valence-corrected chi connectivity index (χ0v) is 25.3. The number of para-hydroxylation sites is 6. The second kappa shape index (κ2) is 10.1. The standard InChI is InChI=1S/C41H27N5O/c1-5-15-34-27(11-1)25-28-12-2-6-16-35(28)44(34)29-21-23-30(24-22-29)46-42-33-26-38(31-13-3-4-14-32(31)41(33)43-46)45-36-17-7-9-19-39(36)47-40-20-10-8-18-37(40)45/h1-24,26H,25H2. The number of rotatable bonds is 3. The van der Waals surface area contributed by atoms with Gasteiger partial charge in [-0.05, 0) is 77.9 Å². The van der Waals surface area contributed by atoms with Gasteiger partial charge >= 0.3 is 0 Å². The maximum absolute atomic E-state index is 6.31. The van der Waals surface area contributed by atoms with Crippen molar-refractivity contribution in [3.8, 4) is 17.2 Å². The lowest BCUT2D eigenvalue weighted by atomic mass is 9.95. The fraction of sp³-hybridized carbons (Fsp3) is 0.0244.